The molecule has 0 aromatic rings. The monoisotopic (exact) mass is 96.0 g/mol. The maximum Gasteiger partial charge on any atom is 2.00 e. The van der Waals surface area contributed by atoms with Gasteiger partial charge in [-0.25, -0.2) is 0 Å². The van der Waals surface area contributed by atoms with Crippen molar-refractivity contribution in [2.45, 2.75) is 6.10 Å². The molecule has 0 aromatic carbocycles. The fourth-order valence-electron chi connectivity index (χ4n) is 0.192. The van der Waals surface area contributed by atoms with Gasteiger partial charge in [0.25, 0.3) is 0 Å². The molecular weight excluding hydrogens is 88.3 g/mol. The third-order valence-corrected chi connectivity index (χ3v) is 0.622. The fraction of sp³-hybridized carbons (Fsp3) is 0.500. The van der Waals surface area contributed by atoms with E-state index >= 15 is 0 Å². The minimum atomic E-state index is 0. The number of epoxide rings is 1. The quantitative estimate of drug-likeness (QED) is 0.262. The topological polar surface area (TPSA) is 12.5 Å². The molecule has 0 saturated carbocycles. The van der Waals surface area contributed by atoms with E-state index < -0.39 is 0 Å². The second-order valence-corrected chi connectivity index (χ2v) is 1.11. The molecular formula is C4H8MgO. The Morgan fingerprint density at radius 1 is 2.00 bits per heavy atom. The molecule has 1 saturated heterocycles. The van der Waals surface area contributed by atoms with Crippen LogP contribution >= 0.6 is 0 Å². The van der Waals surface area contributed by atoms with Gasteiger partial charge in [-0.2, -0.15) is 0 Å². The molecule has 0 amide bonds. The van der Waals surface area contributed by atoms with E-state index in [0.717, 1.165) is 6.61 Å². The van der Waals surface area contributed by atoms with E-state index in [-0.39, 0.29) is 25.9 Å². The van der Waals surface area contributed by atoms with Crippen molar-refractivity contribution in [1.29, 1.82) is 0 Å². The minimum Gasteiger partial charge on any atom is -1.00 e. The summed E-state index contributed by atoms with van der Waals surface area (Å²) in [6.07, 6.45) is 2.20. The summed E-state index contributed by atoms with van der Waals surface area (Å²) in [5, 5.41) is 0. The standard InChI is InChI=1S/C4H6O.Mg.2H/c1-2-4-3-5-4;;;/h2,4H,1,3H2;;;/q;+2;2*-1. The van der Waals surface area contributed by atoms with Crippen LogP contribution < -0.4 is 0 Å². The van der Waals surface area contributed by atoms with Gasteiger partial charge in [0.05, 0.1) is 12.7 Å². The Bertz CT molecular complexity index is 56.0. The predicted molar refractivity (Wildman–Crippen MR) is 27.9 cm³/mol. The molecule has 1 atom stereocenters. The van der Waals surface area contributed by atoms with Gasteiger partial charge in [-0.15, -0.1) is 6.58 Å². The van der Waals surface area contributed by atoms with Crippen LogP contribution in [0.3, 0.4) is 0 Å². The van der Waals surface area contributed by atoms with Crippen molar-refractivity contribution < 1.29 is 7.59 Å². The van der Waals surface area contributed by atoms with Crippen LogP contribution in [-0.2, 0) is 4.74 Å². The molecule has 2 heteroatoms. The average molecular weight is 96.4 g/mol. The first kappa shape index (κ1) is 6.47. The molecule has 32 valence electrons. The van der Waals surface area contributed by atoms with E-state index in [0.29, 0.717) is 6.10 Å². The molecule has 0 bridgehead atoms. The first-order valence-electron chi connectivity index (χ1n) is 1.67. The molecule has 0 spiro atoms. The first-order chi connectivity index (χ1) is 2.43. The van der Waals surface area contributed by atoms with Gasteiger partial charge in [-0.05, 0) is 0 Å². The smallest absolute Gasteiger partial charge is 1.00 e. The van der Waals surface area contributed by atoms with Crippen LogP contribution in [0.2, 0.25) is 0 Å². The van der Waals surface area contributed by atoms with E-state index in [4.69, 9.17) is 4.74 Å². The molecule has 1 aliphatic rings. The maximum atomic E-state index is 4.74. The van der Waals surface area contributed by atoms with Gasteiger partial charge in [0.2, 0.25) is 0 Å². The molecule has 1 aliphatic heterocycles. The van der Waals surface area contributed by atoms with E-state index in [9.17, 15) is 0 Å². The molecule has 0 aromatic heterocycles. The van der Waals surface area contributed by atoms with Gasteiger partial charge in [-0.1, -0.05) is 6.08 Å². The molecule has 1 unspecified atom stereocenters. The third-order valence-electron chi connectivity index (χ3n) is 0.622. The molecule has 1 heterocycles. The van der Waals surface area contributed by atoms with Crippen molar-refractivity contribution in [2.75, 3.05) is 6.61 Å². The second-order valence-electron chi connectivity index (χ2n) is 1.11. The molecule has 0 N–H and O–H groups in total. The number of hydrogen-bond acceptors (Lipinski definition) is 1. The Balaban J connectivity index is -0.0000000833. The Hall–Kier alpha value is 0.466. The van der Waals surface area contributed by atoms with E-state index in [2.05, 4.69) is 6.58 Å². The van der Waals surface area contributed by atoms with E-state index in [1.54, 1.807) is 6.08 Å². The van der Waals surface area contributed by atoms with Gasteiger partial charge in [0, 0.05) is 0 Å². The third kappa shape index (κ3) is 1.80. The Morgan fingerprint density at radius 2 is 2.50 bits per heavy atom. The van der Waals surface area contributed by atoms with Crippen molar-refractivity contribution in [2.24, 2.45) is 0 Å². The van der Waals surface area contributed by atoms with Crippen molar-refractivity contribution in [3.63, 3.8) is 0 Å². The zero-order valence-electron chi connectivity index (χ0n) is 5.68. The SMILES string of the molecule is C=CC1CO1.[H-].[H-].[Mg+2]. The molecule has 1 rings (SSSR count). The zero-order valence-corrected chi connectivity index (χ0v) is 5.10. The molecule has 1 fully saturated rings. The Morgan fingerprint density at radius 3 is 2.50 bits per heavy atom. The largest absolute Gasteiger partial charge is 2.00 e. The summed E-state index contributed by atoms with van der Waals surface area (Å²) >= 11 is 0. The molecule has 0 radical (unpaired) electrons. The van der Waals surface area contributed by atoms with Crippen molar-refractivity contribution in [3.05, 3.63) is 12.7 Å². The van der Waals surface area contributed by atoms with Crippen LogP contribution in [0, 0.1) is 0 Å². The second kappa shape index (κ2) is 2.61. The van der Waals surface area contributed by atoms with Crippen LogP contribution in [0.4, 0.5) is 0 Å². The van der Waals surface area contributed by atoms with Gasteiger partial charge in [0.15, 0.2) is 0 Å². The van der Waals surface area contributed by atoms with Crippen LogP contribution in [0.5, 0.6) is 0 Å². The summed E-state index contributed by atoms with van der Waals surface area (Å²) in [4.78, 5) is 0. The summed E-state index contributed by atoms with van der Waals surface area (Å²) in [7, 11) is 0. The number of hydrogen-bond donors (Lipinski definition) is 0. The zero-order chi connectivity index (χ0) is 3.70. The molecule has 0 aliphatic carbocycles. The first-order valence-corrected chi connectivity index (χ1v) is 1.67. The normalized spacial score (nSPS) is 27.7. The van der Waals surface area contributed by atoms with Gasteiger partial charge < -0.3 is 7.59 Å². The van der Waals surface area contributed by atoms with Gasteiger partial charge >= 0.3 is 23.1 Å². The van der Waals surface area contributed by atoms with Crippen LogP contribution in [0.1, 0.15) is 2.85 Å². The molecule has 1 nitrogen and oxygen atoms in total. The summed E-state index contributed by atoms with van der Waals surface area (Å²) < 4.78 is 4.74. The average Bonchev–Trinajstić information content (AvgIpc) is 2.12. The van der Waals surface area contributed by atoms with Crippen molar-refractivity contribution in [1.82, 2.24) is 0 Å². The Kier molecular flexibility index (Phi) is 2.81. The van der Waals surface area contributed by atoms with Crippen LogP contribution in [0.25, 0.3) is 0 Å². The van der Waals surface area contributed by atoms with Crippen LogP contribution in [0.15, 0.2) is 12.7 Å². The Labute approximate surface area is 56.5 Å². The number of rotatable bonds is 1. The molecule has 6 heavy (non-hydrogen) atoms. The van der Waals surface area contributed by atoms with Gasteiger partial charge in [0.1, 0.15) is 0 Å². The van der Waals surface area contributed by atoms with Crippen LogP contribution in [-0.4, -0.2) is 35.8 Å². The van der Waals surface area contributed by atoms with Crippen molar-refractivity contribution in [3.8, 4) is 0 Å². The summed E-state index contributed by atoms with van der Waals surface area (Å²) in [5.41, 5.74) is 0. The van der Waals surface area contributed by atoms with Gasteiger partial charge in [-0.3, -0.25) is 0 Å². The van der Waals surface area contributed by atoms with E-state index in [1.807, 2.05) is 0 Å². The maximum absolute atomic E-state index is 4.74. The van der Waals surface area contributed by atoms with Crippen molar-refractivity contribution >= 4 is 23.1 Å². The van der Waals surface area contributed by atoms with E-state index in [1.165, 1.54) is 0 Å². The summed E-state index contributed by atoms with van der Waals surface area (Å²) in [6.45, 7) is 4.39. The predicted octanol–water partition coefficient (Wildman–Crippen LogP) is 0.415. The number of ether oxygens (including phenoxy) is 1. The minimum absolute atomic E-state index is 0. The summed E-state index contributed by atoms with van der Waals surface area (Å²) in [6, 6.07) is 0. The fourth-order valence-corrected chi connectivity index (χ4v) is 0.192. The summed E-state index contributed by atoms with van der Waals surface area (Å²) in [5.74, 6) is 0.